The summed E-state index contributed by atoms with van der Waals surface area (Å²) in [6, 6.07) is 11.3. The van der Waals surface area contributed by atoms with Gasteiger partial charge < -0.3 is 11.1 Å². The molecule has 0 heterocycles. The Morgan fingerprint density at radius 2 is 1.65 bits per heavy atom. The number of hydrogen-bond donors (Lipinski definition) is 2. The summed E-state index contributed by atoms with van der Waals surface area (Å²) in [5.41, 5.74) is 8.53. The van der Waals surface area contributed by atoms with Gasteiger partial charge in [-0.1, -0.05) is 19.3 Å². The van der Waals surface area contributed by atoms with Crippen molar-refractivity contribution in [2.75, 3.05) is 11.1 Å². The maximum absolute atomic E-state index is 13.0. The molecule has 3 N–H and O–H groups in total. The molecule has 0 saturated heterocycles. The van der Waals surface area contributed by atoms with E-state index in [1.165, 1.54) is 43.5 Å². The van der Waals surface area contributed by atoms with E-state index in [0.29, 0.717) is 22.9 Å². The first-order valence-electron chi connectivity index (χ1n) is 8.10. The number of halogens is 1. The third kappa shape index (κ3) is 3.70. The molecule has 0 radical (unpaired) electrons. The molecule has 4 heteroatoms. The van der Waals surface area contributed by atoms with Crippen molar-refractivity contribution in [1.82, 2.24) is 0 Å². The monoisotopic (exact) mass is 312 g/mol. The van der Waals surface area contributed by atoms with E-state index in [4.69, 9.17) is 5.73 Å². The van der Waals surface area contributed by atoms with Gasteiger partial charge in [0.05, 0.1) is 11.4 Å². The Hall–Kier alpha value is -2.36. The minimum Gasteiger partial charge on any atom is -0.397 e. The predicted octanol–water partition coefficient (Wildman–Crippen LogP) is 4.38. The Morgan fingerprint density at radius 1 is 1.00 bits per heavy atom. The number of nitrogens with one attached hydrogen (secondary N) is 1. The molecule has 1 aliphatic carbocycles. The first kappa shape index (κ1) is 15.5. The number of benzene rings is 2. The van der Waals surface area contributed by atoms with Crippen LogP contribution < -0.4 is 11.1 Å². The second-order valence-electron chi connectivity index (χ2n) is 6.12. The first-order chi connectivity index (χ1) is 11.1. The summed E-state index contributed by atoms with van der Waals surface area (Å²) in [5.74, 6) is -0.477. The van der Waals surface area contributed by atoms with Gasteiger partial charge in [0.25, 0.3) is 0 Å². The zero-order valence-electron chi connectivity index (χ0n) is 13.0. The molecule has 0 amide bonds. The number of nitrogen functional groups attached to an aromatic ring is 1. The molecule has 0 aliphatic heterocycles. The summed E-state index contributed by atoms with van der Waals surface area (Å²) in [6.45, 7) is 0. The Morgan fingerprint density at radius 3 is 2.35 bits per heavy atom. The number of ketones is 1. The van der Waals surface area contributed by atoms with Crippen molar-refractivity contribution in [2.24, 2.45) is 0 Å². The average molecular weight is 312 g/mol. The lowest BCUT2D eigenvalue weighted by atomic mass is 9.95. The molecule has 3 nitrogen and oxygen atoms in total. The van der Waals surface area contributed by atoms with Crippen LogP contribution in [-0.4, -0.2) is 11.8 Å². The van der Waals surface area contributed by atoms with Crippen molar-refractivity contribution in [3.8, 4) is 0 Å². The van der Waals surface area contributed by atoms with Crippen LogP contribution in [0.2, 0.25) is 0 Å². The van der Waals surface area contributed by atoms with Crippen molar-refractivity contribution in [2.45, 2.75) is 38.1 Å². The number of carbonyl (C=O) groups excluding carboxylic acids is 1. The fourth-order valence-corrected chi connectivity index (χ4v) is 3.06. The van der Waals surface area contributed by atoms with E-state index in [-0.39, 0.29) is 11.6 Å². The van der Waals surface area contributed by atoms with Gasteiger partial charge in [0.2, 0.25) is 0 Å². The molecule has 3 rings (SSSR count). The Balaban J connectivity index is 1.81. The van der Waals surface area contributed by atoms with E-state index in [9.17, 15) is 9.18 Å². The minimum absolute atomic E-state index is 0.128. The standard InChI is InChI=1S/C19H21FN2O/c20-15-9-6-13(7-10-15)19(23)14-8-11-17(21)18(12-14)22-16-4-2-1-3-5-16/h6-12,16,22H,1-5,21H2. The highest BCUT2D eigenvalue weighted by Gasteiger charge is 2.16. The van der Waals surface area contributed by atoms with E-state index in [2.05, 4.69) is 5.32 Å². The minimum atomic E-state index is -0.349. The van der Waals surface area contributed by atoms with E-state index in [1.807, 2.05) is 0 Å². The molecule has 2 aromatic carbocycles. The lowest BCUT2D eigenvalue weighted by Crippen LogP contribution is -2.23. The van der Waals surface area contributed by atoms with Gasteiger partial charge in [-0.15, -0.1) is 0 Å². The molecule has 0 aromatic heterocycles. The molecule has 1 aliphatic rings. The van der Waals surface area contributed by atoms with Crippen LogP contribution in [0, 0.1) is 5.82 Å². The Bertz CT molecular complexity index is 691. The molecule has 0 spiro atoms. The van der Waals surface area contributed by atoms with Crippen LogP contribution in [0.25, 0.3) is 0 Å². The van der Waals surface area contributed by atoms with Crippen LogP contribution in [0.4, 0.5) is 15.8 Å². The first-order valence-corrected chi connectivity index (χ1v) is 8.10. The van der Waals surface area contributed by atoms with Gasteiger partial charge in [0.1, 0.15) is 5.82 Å². The zero-order chi connectivity index (χ0) is 16.2. The number of hydrogen-bond acceptors (Lipinski definition) is 3. The van der Waals surface area contributed by atoms with Crippen molar-refractivity contribution in [3.05, 3.63) is 59.4 Å². The van der Waals surface area contributed by atoms with Crippen LogP contribution in [0.1, 0.15) is 48.0 Å². The molecular weight excluding hydrogens is 291 g/mol. The van der Waals surface area contributed by atoms with Crippen LogP contribution in [0.3, 0.4) is 0 Å². The lowest BCUT2D eigenvalue weighted by Gasteiger charge is -2.24. The van der Waals surface area contributed by atoms with Crippen molar-refractivity contribution in [1.29, 1.82) is 0 Å². The maximum atomic E-state index is 13.0. The van der Waals surface area contributed by atoms with E-state index in [0.717, 1.165) is 18.5 Å². The fourth-order valence-electron chi connectivity index (χ4n) is 3.06. The summed E-state index contributed by atoms with van der Waals surface area (Å²) in [6.07, 6.45) is 6.01. The SMILES string of the molecule is Nc1ccc(C(=O)c2ccc(F)cc2)cc1NC1CCCCC1. The highest BCUT2D eigenvalue weighted by atomic mass is 19.1. The third-order valence-corrected chi connectivity index (χ3v) is 4.39. The summed E-state index contributed by atoms with van der Waals surface area (Å²) >= 11 is 0. The van der Waals surface area contributed by atoms with Crippen LogP contribution >= 0.6 is 0 Å². The van der Waals surface area contributed by atoms with E-state index in [1.54, 1.807) is 18.2 Å². The summed E-state index contributed by atoms with van der Waals surface area (Å²) < 4.78 is 13.0. The van der Waals surface area contributed by atoms with Crippen LogP contribution in [0.5, 0.6) is 0 Å². The van der Waals surface area contributed by atoms with Crippen LogP contribution in [0.15, 0.2) is 42.5 Å². The van der Waals surface area contributed by atoms with Crippen molar-refractivity contribution < 1.29 is 9.18 Å². The molecule has 0 bridgehead atoms. The number of rotatable bonds is 4. The molecule has 0 atom stereocenters. The Labute approximate surface area is 135 Å². The number of carbonyl (C=O) groups is 1. The van der Waals surface area contributed by atoms with Gasteiger partial charge in [-0.3, -0.25) is 4.79 Å². The molecule has 120 valence electrons. The smallest absolute Gasteiger partial charge is 0.193 e. The molecule has 0 unspecified atom stereocenters. The number of nitrogens with two attached hydrogens (primary N) is 1. The van der Waals surface area contributed by atoms with E-state index >= 15 is 0 Å². The lowest BCUT2D eigenvalue weighted by molar-refractivity contribution is 0.103. The zero-order valence-corrected chi connectivity index (χ0v) is 13.0. The van der Waals surface area contributed by atoms with Gasteiger partial charge in [0.15, 0.2) is 5.78 Å². The van der Waals surface area contributed by atoms with E-state index < -0.39 is 0 Å². The average Bonchev–Trinajstić information content (AvgIpc) is 2.58. The largest absolute Gasteiger partial charge is 0.397 e. The summed E-state index contributed by atoms with van der Waals surface area (Å²) in [4.78, 5) is 12.5. The summed E-state index contributed by atoms with van der Waals surface area (Å²) in [5, 5.41) is 3.47. The second-order valence-corrected chi connectivity index (χ2v) is 6.12. The fraction of sp³-hybridized carbons (Fsp3) is 0.316. The molecular formula is C19H21FN2O. The second kappa shape index (κ2) is 6.82. The highest BCUT2D eigenvalue weighted by Crippen LogP contribution is 2.27. The van der Waals surface area contributed by atoms with Crippen molar-refractivity contribution >= 4 is 17.2 Å². The van der Waals surface area contributed by atoms with Gasteiger partial charge in [-0.05, 0) is 55.3 Å². The van der Waals surface area contributed by atoms with Gasteiger partial charge >= 0.3 is 0 Å². The molecule has 1 fully saturated rings. The highest BCUT2D eigenvalue weighted by molar-refractivity contribution is 6.09. The Kier molecular flexibility index (Phi) is 4.60. The van der Waals surface area contributed by atoms with Crippen molar-refractivity contribution in [3.63, 3.8) is 0 Å². The molecule has 1 saturated carbocycles. The number of anilines is 2. The predicted molar refractivity (Wildman–Crippen MR) is 91.2 cm³/mol. The van der Waals surface area contributed by atoms with Gasteiger partial charge in [-0.2, -0.15) is 0 Å². The molecule has 23 heavy (non-hydrogen) atoms. The quantitative estimate of drug-likeness (QED) is 0.650. The van der Waals surface area contributed by atoms with Gasteiger partial charge in [0, 0.05) is 17.2 Å². The normalized spacial score (nSPS) is 15.3. The summed E-state index contributed by atoms with van der Waals surface area (Å²) in [7, 11) is 0. The topological polar surface area (TPSA) is 55.1 Å². The van der Waals surface area contributed by atoms with Gasteiger partial charge in [-0.25, -0.2) is 4.39 Å². The van der Waals surface area contributed by atoms with Crippen LogP contribution in [-0.2, 0) is 0 Å². The maximum Gasteiger partial charge on any atom is 0.193 e. The molecule has 2 aromatic rings. The third-order valence-electron chi connectivity index (χ3n) is 4.39.